The first-order valence-corrected chi connectivity index (χ1v) is 9.86. The molecule has 3 rings (SSSR count). The standard InChI is InChI=1S/C23H23ClFNO2/c1-2-18-13-17(14-20(24)22(18)25)9-6-10-21(19-11-12-19)26-23(27)28-15-16-7-4-3-5-8-16/h1,3-5,7-8,13-14,19,21H,6,9-12,15H2,(H,26,27). The average molecular weight is 400 g/mol. The van der Waals surface area contributed by atoms with Crippen LogP contribution in [0.1, 0.15) is 42.4 Å². The van der Waals surface area contributed by atoms with Crippen molar-refractivity contribution in [2.24, 2.45) is 5.92 Å². The molecule has 0 saturated heterocycles. The molecule has 1 amide bonds. The molecular weight excluding hydrogens is 377 g/mol. The lowest BCUT2D eigenvalue weighted by atomic mass is 10.0. The fraction of sp³-hybridized carbons (Fsp3) is 0.348. The average Bonchev–Trinajstić information content (AvgIpc) is 3.54. The Balaban J connectivity index is 1.48. The predicted molar refractivity (Wildman–Crippen MR) is 109 cm³/mol. The molecule has 5 heteroatoms. The van der Waals surface area contributed by atoms with Crippen molar-refractivity contribution in [3.05, 3.63) is 70.0 Å². The van der Waals surface area contributed by atoms with E-state index in [1.807, 2.05) is 30.3 Å². The molecule has 0 aliphatic heterocycles. The van der Waals surface area contributed by atoms with E-state index in [-0.39, 0.29) is 29.3 Å². The van der Waals surface area contributed by atoms with E-state index in [0.717, 1.165) is 43.2 Å². The third-order valence-corrected chi connectivity index (χ3v) is 5.21. The number of carbonyl (C=O) groups is 1. The molecule has 1 saturated carbocycles. The minimum Gasteiger partial charge on any atom is -0.445 e. The molecule has 1 aliphatic rings. The summed E-state index contributed by atoms with van der Waals surface area (Å²) in [4.78, 5) is 12.1. The largest absolute Gasteiger partial charge is 0.445 e. The summed E-state index contributed by atoms with van der Waals surface area (Å²) < 4.78 is 19.1. The van der Waals surface area contributed by atoms with E-state index in [0.29, 0.717) is 5.92 Å². The number of terminal acetylenes is 1. The first-order chi connectivity index (χ1) is 13.6. The Bertz CT molecular complexity index is 859. The minimum atomic E-state index is -0.549. The molecule has 146 valence electrons. The minimum absolute atomic E-state index is 0.0480. The molecule has 0 bridgehead atoms. The van der Waals surface area contributed by atoms with E-state index in [2.05, 4.69) is 11.2 Å². The number of alkyl carbamates (subject to hydrolysis) is 1. The maximum atomic E-state index is 13.7. The number of hydrogen-bond donors (Lipinski definition) is 1. The third-order valence-electron chi connectivity index (χ3n) is 4.93. The lowest BCUT2D eigenvalue weighted by Gasteiger charge is -2.18. The van der Waals surface area contributed by atoms with Crippen LogP contribution in [-0.2, 0) is 17.8 Å². The predicted octanol–water partition coefficient (Wildman–Crippen LogP) is 5.49. The van der Waals surface area contributed by atoms with Crippen LogP contribution < -0.4 is 5.32 Å². The van der Waals surface area contributed by atoms with Gasteiger partial charge in [0.05, 0.1) is 10.6 Å². The fourth-order valence-corrected chi connectivity index (χ4v) is 3.50. The number of carbonyl (C=O) groups excluding carboxylic acids is 1. The lowest BCUT2D eigenvalue weighted by Crippen LogP contribution is -2.36. The smallest absolute Gasteiger partial charge is 0.407 e. The zero-order chi connectivity index (χ0) is 19.9. The van der Waals surface area contributed by atoms with Crippen molar-refractivity contribution < 1.29 is 13.9 Å². The van der Waals surface area contributed by atoms with Crippen molar-refractivity contribution in [2.45, 2.75) is 44.8 Å². The molecule has 1 aliphatic carbocycles. The Morgan fingerprint density at radius 1 is 1.29 bits per heavy atom. The Labute approximate surface area is 170 Å². The third kappa shape index (κ3) is 5.74. The van der Waals surface area contributed by atoms with Gasteiger partial charge in [-0.25, -0.2) is 9.18 Å². The van der Waals surface area contributed by atoms with Crippen LogP contribution in [0.2, 0.25) is 5.02 Å². The number of nitrogens with one attached hydrogen (secondary N) is 1. The van der Waals surface area contributed by atoms with E-state index in [1.165, 1.54) is 0 Å². The Morgan fingerprint density at radius 3 is 2.71 bits per heavy atom. The van der Waals surface area contributed by atoms with Gasteiger partial charge in [-0.15, -0.1) is 6.42 Å². The van der Waals surface area contributed by atoms with Crippen LogP contribution in [0.4, 0.5) is 9.18 Å². The van der Waals surface area contributed by atoms with E-state index in [9.17, 15) is 9.18 Å². The van der Waals surface area contributed by atoms with Crippen molar-refractivity contribution in [1.29, 1.82) is 0 Å². The van der Waals surface area contributed by atoms with Crippen LogP contribution in [0.15, 0.2) is 42.5 Å². The topological polar surface area (TPSA) is 38.3 Å². The summed E-state index contributed by atoms with van der Waals surface area (Å²) in [5.41, 5.74) is 2.04. The summed E-state index contributed by atoms with van der Waals surface area (Å²) in [6.45, 7) is 0.257. The van der Waals surface area contributed by atoms with E-state index in [1.54, 1.807) is 12.1 Å². The summed E-state index contributed by atoms with van der Waals surface area (Å²) in [7, 11) is 0. The van der Waals surface area contributed by atoms with Gasteiger partial charge in [0.15, 0.2) is 5.82 Å². The van der Waals surface area contributed by atoms with Gasteiger partial charge < -0.3 is 10.1 Å². The van der Waals surface area contributed by atoms with Crippen LogP contribution in [-0.4, -0.2) is 12.1 Å². The second-order valence-corrected chi connectivity index (χ2v) is 7.53. The first kappa shape index (κ1) is 20.2. The Morgan fingerprint density at radius 2 is 2.04 bits per heavy atom. The highest BCUT2D eigenvalue weighted by atomic mass is 35.5. The van der Waals surface area contributed by atoms with Gasteiger partial charge in [0.1, 0.15) is 6.61 Å². The van der Waals surface area contributed by atoms with Gasteiger partial charge in [0.2, 0.25) is 0 Å². The van der Waals surface area contributed by atoms with Crippen LogP contribution in [0.5, 0.6) is 0 Å². The molecule has 0 aromatic heterocycles. The molecule has 1 fully saturated rings. The van der Waals surface area contributed by atoms with Crippen molar-refractivity contribution >= 4 is 17.7 Å². The molecule has 1 N–H and O–H groups in total. The molecule has 1 atom stereocenters. The van der Waals surface area contributed by atoms with Crippen LogP contribution >= 0.6 is 11.6 Å². The number of halogens is 2. The van der Waals surface area contributed by atoms with Gasteiger partial charge in [-0.05, 0) is 61.3 Å². The highest BCUT2D eigenvalue weighted by Crippen LogP contribution is 2.35. The summed E-state index contributed by atoms with van der Waals surface area (Å²) in [5.74, 6) is 2.28. The number of hydrogen-bond acceptors (Lipinski definition) is 2. The molecule has 0 heterocycles. The maximum Gasteiger partial charge on any atom is 0.407 e. The van der Waals surface area contributed by atoms with Gasteiger partial charge in [-0.1, -0.05) is 47.9 Å². The number of rotatable bonds is 8. The van der Waals surface area contributed by atoms with E-state index >= 15 is 0 Å². The molecule has 0 radical (unpaired) electrons. The highest BCUT2D eigenvalue weighted by Gasteiger charge is 2.32. The quantitative estimate of drug-likeness (QED) is 0.596. The van der Waals surface area contributed by atoms with Gasteiger partial charge in [0.25, 0.3) is 0 Å². The Kier molecular flexibility index (Phi) is 6.95. The first-order valence-electron chi connectivity index (χ1n) is 9.48. The van der Waals surface area contributed by atoms with Gasteiger partial charge in [-0.2, -0.15) is 0 Å². The molecule has 1 unspecified atom stereocenters. The number of aryl methyl sites for hydroxylation is 1. The maximum absolute atomic E-state index is 13.7. The SMILES string of the molecule is C#Cc1cc(CCCC(NC(=O)OCc2ccccc2)C2CC2)cc(Cl)c1F. The van der Waals surface area contributed by atoms with Crippen LogP contribution in [0, 0.1) is 24.1 Å². The fourth-order valence-electron chi connectivity index (χ4n) is 3.26. The molecule has 2 aromatic carbocycles. The zero-order valence-electron chi connectivity index (χ0n) is 15.6. The van der Waals surface area contributed by atoms with Gasteiger partial charge in [0, 0.05) is 6.04 Å². The Hall–Kier alpha value is -2.51. The lowest BCUT2D eigenvalue weighted by molar-refractivity contribution is 0.133. The normalized spacial score (nSPS) is 14.2. The highest BCUT2D eigenvalue weighted by molar-refractivity contribution is 6.30. The molecule has 0 spiro atoms. The number of ether oxygens (including phenoxy) is 1. The summed E-state index contributed by atoms with van der Waals surface area (Å²) in [6.07, 6.45) is 9.56. The number of amides is 1. The van der Waals surface area contributed by atoms with Crippen molar-refractivity contribution in [3.8, 4) is 12.3 Å². The van der Waals surface area contributed by atoms with Crippen LogP contribution in [0.3, 0.4) is 0 Å². The van der Waals surface area contributed by atoms with E-state index in [4.69, 9.17) is 22.8 Å². The molecular formula is C23H23ClFNO2. The van der Waals surface area contributed by atoms with Crippen molar-refractivity contribution in [3.63, 3.8) is 0 Å². The summed E-state index contributed by atoms with van der Waals surface area (Å²) in [5, 5.41) is 3.05. The second-order valence-electron chi connectivity index (χ2n) is 7.13. The monoisotopic (exact) mass is 399 g/mol. The summed E-state index contributed by atoms with van der Waals surface area (Å²) >= 11 is 5.91. The summed E-state index contributed by atoms with van der Waals surface area (Å²) in [6, 6.07) is 13.0. The molecule has 3 nitrogen and oxygen atoms in total. The van der Waals surface area contributed by atoms with Gasteiger partial charge in [-0.3, -0.25) is 0 Å². The van der Waals surface area contributed by atoms with Crippen LogP contribution in [0.25, 0.3) is 0 Å². The van der Waals surface area contributed by atoms with Crippen molar-refractivity contribution in [2.75, 3.05) is 0 Å². The molecule has 28 heavy (non-hydrogen) atoms. The van der Waals surface area contributed by atoms with Crippen molar-refractivity contribution in [1.82, 2.24) is 5.32 Å². The van der Waals surface area contributed by atoms with Gasteiger partial charge >= 0.3 is 6.09 Å². The number of benzene rings is 2. The van der Waals surface area contributed by atoms with E-state index < -0.39 is 5.82 Å². The second kappa shape index (κ2) is 9.61. The molecule has 2 aromatic rings. The zero-order valence-corrected chi connectivity index (χ0v) is 16.3.